The van der Waals surface area contributed by atoms with E-state index in [2.05, 4.69) is 0 Å². The molecule has 4 heteroatoms. The molecule has 3 nitrogen and oxygen atoms in total. The number of aromatic nitrogens is 1. The molecule has 0 aliphatic heterocycles. The lowest BCUT2D eigenvalue weighted by atomic mass is 10.2. The summed E-state index contributed by atoms with van der Waals surface area (Å²) in [5, 5.41) is 0.968. The number of rotatable bonds is 3. The number of hydrogen-bond acceptors (Lipinski definition) is 2. The molecule has 3 aromatic rings. The molecule has 0 aliphatic rings. The highest BCUT2D eigenvalue weighted by molar-refractivity contribution is 7.85. The van der Waals surface area contributed by atoms with Gasteiger partial charge in [-0.05, 0) is 37.3 Å². The Hall–Kier alpha value is -2.07. The first-order chi connectivity index (χ1) is 10.1. The summed E-state index contributed by atoms with van der Waals surface area (Å²) in [7, 11) is 2.41. The van der Waals surface area contributed by atoms with Gasteiger partial charge in [-0.2, -0.15) is 0 Å². The Morgan fingerprint density at radius 2 is 1.81 bits per heavy atom. The molecule has 0 spiro atoms. The first-order valence-electron chi connectivity index (χ1n) is 6.71. The second kappa shape index (κ2) is 5.37. The quantitative estimate of drug-likeness (QED) is 0.739. The Kier molecular flexibility index (Phi) is 3.55. The van der Waals surface area contributed by atoms with Crippen molar-refractivity contribution in [2.24, 2.45) is 7.05 Å². The molecule has 0 saturated heterocycles. The van der Waals surface area contributed by atoms with Crippen LogP contribution in [0.5, 0.6) is 5.75 Å². The van der Waals surface area contributed by atoms with E-state index in [0.717, 1.165) is 32.0 Å². The standard InChI is InChI=1S/C17H17NO2S/c1-12-4-7-14(8-5-12)21(19)17-11-18(2)16-9-6-13(20-3)10-15(16)17/h4-11H,1-3H3. The average Bonchev–Trinajstić information content (AvgIpc) is 2.84. The molecule has 0 saturated carbocycles. The normalized spacial score (nSPS) is 12.5. The third kappa shape index (κ3) is 2.47. The highest BCUT2D eigenvalue weighted by Gasteiger charge is 2.15. The Bertz CT molecular complexity index is 819. The number of nitrogens with zero attached hydrogens (tertiary/aromatic N) is 1. The zero-order chi connectivity index (χ0) is 15.0. The summed E-state index contributed by atoms with van der Waals surface area (Å²) in [5.41, 5.74) is 2.21. The lowest BCUT2D eigenvalue weighted by molar-refractivity contribution is 0.415. The van der Waals surface area contributed by atoms with E-state index in [-0.39, 0.29) is 0 Å². The Balaban J connectivity index is 2.15. The van der Waals surface area contributed by atoms with Crippen LogP contribution in [0, 0.1) is 6.92 Å². The fourth-order valence-electron chi connectivity index (χ4n) is 2.40. The lowest BCUT2D eigenvalue weighted by Crippen LogP contribution is -1.92. The average molecular weight is 299 g/mol. The van der Waals surface area contributed by atoms with Crippen molar-refractivity contribution < 1.29 is 8.95 Å². The van der Waals surface area contributed by atoms with Crippen LogP contribution < -0.4 is 4.74 Å². The second-order valence-electron chi connectivity index (χ2n) is 5.07. The van der Waals surface area contributed by atoms with E-state index >= 15 is 0 Å². The van der Waals surface area contributed by atoms with E-state index in [9.17, 15) is 4.21 Å². The topological polar surface area (TPSA) is 31.2 Å². The van der Waals surface area contributed by atoms with Gasteiger partial charge >= 0.3 is 0 Å². The summed E-state index contributed by atoms with van der Waals surface area (Å²) in [6.07, 6.45) is 1.93. The summed E-state index contributed by atoms with van der Waals surface area (Å²) >= 11 is 0. The third-order valence-electron chi connectivity index (χ3n) is 3.59. The van der Waals surface area contributed by atoms with Crippen LogP contribution in [-0.2, 0) is 17.8 Å². The van der Waals surface area contributed by atoms with Crippen molar-refractivity contribution in [3.8, 4) is 5.75 Å². The third-order valence-corrected chi connectivity index (χ3v) is 5.02. The second-order valence-corrected chi connectivity index (χ2v) is 6.52. The molecule has 2 aromatic carbocycles. The van der Waals surface area contributed by atoms with Gasteiger partial charge < -0.3 is 9.30 Å². The van der Waals surface area contributed by atoms with Gasteiger partial charge in [0.25, 0.3) is 0 Å². The van der Waals surface area contributed by atoms with Gasteiger partial charge in [0.05, 0.1) is 22.8 Å². The molecule has 0 N–H and O–H groups in total. The largest absolute Gasteiger partial charge is 0.497 e. The van der Waals surface area contributed by atoms with Crippen LogP contribution in [0.15, 0.2) is 58.5 Å². The van der Waals surface area contributed by atoms with Crippen LogP contribution in [0.3, 0.4) is 0 Å². The Morgan fingerprint density at radius 1 is 1.10 bits per heavy atom. The summed E-state index contributed by atoms with van der Waals surface area (Å²) in [6, 6.07) is 13.7. The Labute approximate surface area is 126 Å². The molecule has 1 aromatic heterocycles. The van der Waals surface area contributed by atoms with Crippen molar-refractivity contribution in [2.45, 2.75) is 16.7 Å². The van der Waals surface area contributed by atoms with Crippen LogP contribution in [0.2, 0.25) is 0 Å². The van der Waals surface area contributed by atoms with Gasteiger partial charge in [-0.15, -0.1) is 0 Å². The molecule has 3 rings (SSSR count). The zero-order valence-electron chi connectivity index (χ0n) is 12.3. The number of ether oxygens (including phenoxy) is 1. The van der Waals surface area contributed by atoms with Crippen LogP contribution in [0.4, 0.5) is 0 Å². The molecule has 1 heterocycles. The van der Waals surface area contributed by atoms with Gasteiger partial charge in [0.2, 0.25) is 0 Å². The van der Waals surface area contributed by atoms with Crippen molar-refractivity contribution in [1.82, 2.24) is 4.57 Å². The van der Waals surface area contributed by atoms with Crippen molar-refractivity contribution in [3.63, 3.8) is 0 Å². The number of hydrogen-bond donors (Lipinski definition) is 0. The van der Waals surface area contributed by atoms with E-state index in [0.29, 0.717) is 0 Å². The summed E-state index contributed by atoms with van der Waals surface area (Å²) < 4.78 is 20.1. The molecule has 21 heavy (non-hydrogen) atoms. The van der Waals surface area contributed by atoms with Gasteiger partial charge in [-0.1, -0.05) is 17.7 Å². The van der Waals surface area contributed by atoms with Crippen LogP contribution >= 0.6 is 0 Å². The fourth-order valence-corrected chi connectivity index (χ4v) is 3.65. The minimum atomic E-state index is -1.20. The molecule has 0 amide bonds. The smallest absolute Gasteiger partial charge is 0.119 e. The number of methoxy groups -OCH3 is 1. The first-order valence-corrected chi connectivity index (χ1v) is 7.86. The van der Waals surface area contributed by atoms with Gasteiger partial charge in [0.1, 0.15) is 5.75 Å². The lowest BCUT2D eigenvalue weighted by Gasteiger charge is -2.03. The maximum absolute atomic E-state index is 12.8. The molecular weight excluding hydrogens is 282 g/mol. The molecule has 1 atom stereocenters. The fraction of sp³-hybridized carbons (Fsp3) is 0.176. The number of fused-ring (bicyclic) bond motifs is 1. The highest BCUT2D eigenvalue weighted by atomic mass is 32.2. The zero-order valence-corrected chi connectivity index (χ0v) is 13.1. The van der Waals surface area contributed by atoms with E-state index in [1.165, 1.54) is 0 Å². The molecule has 0 fully saturated rings. The van der Waals surface area contributed by atoms with Crippen molar-refractivity contribution in [2.75, 3.05) is 7.11 Å². The number of benzene rings is 2. The van der Waals surface area contributed by atoms with Crippen LogP contribution in [0.1, 0.15) is 5.56 Å². The van der Waals surface area contributed by atoms with E-state index in [4.69, 9.17) is 4.74 Å². The van der Waals surface area contributed by atoms with Gasteiger partial charge in [-0.3, -0.25) is 0 Å². The highest BCUT2D eigenvalue weighted by Crippen LogP contribution is 2.30. The SMILES string of the molecule is COc1ccc2c(c1)c(S(=O)c1ccc(C)cc1)cn2C. The van der Waals surface area contributed by atoms with Gasteiger partial charge in [0, 0.05) is 29.0 Å². The van der Waals surface area contributed by atoms with Gasteiger partial charge in [0.15, 0.2) is 0 Å². The molecule has 0 aliphatic carbocycles. The predicted molar refractivity (Wildman–Crippen MR) is 85.3 cm³/mol. The molecule has 1 unspecified atom stereocenters. The van der Waals surface area contributed by atoms with E-state index in [1.807, 2.05) is 67.2 Å². The molecular formula is C17H17NO2S. The minimum Gasteiger partial charge on any atom is -0.497 e. The predicted octanol–water partition coefficient (Wildman–Crippen LogP) is 3.66. The van der Waals surface area contributed by atoms with E-state index < -0.39 is 10.8 Å². The summed E-state index contributed by atoms with van der Waals surface area (Å²) in [4.78, 5) is 1.63. The first kappa shape index (κ1) is 13.9. The number of aryl methyl sites for hydroxylation is 2. The summed E-state index contributed by atoms with van der Waals surface area (Å²) in [6.45, 7) is 2.02. The molecule has 108 valence electrons. The maximum Gasteiger partial charge on any atom is 0.119 e. The minimum absolute atomic E-state index is 0.774. The maximum atomic E-state index is 12.8. The molecule has 0 radical (unpaired) electrons. The van der Waals surface area contributed by atoms with Gasteiger partial charge in [-0.25, -0.2) is 4.21 Å². The summed E-state index contributed by atoms with van der Waals surface area (Å²) in [5.74, 6) is 0.774. The Morgan fingerprint density at radius 3 is 2.48 bits per heavy atom. The van der Waals surface area contributed by atoms with Crippen molar-refractivity contribution in [3.05, 3.63) is 54.2 Å². The van der Waals surface area contributed by atoms with E-state index in [1.54, 1.807) is 7.11 Å². The van der Waals surface area contributed by atoms with Crippen molar-refractivity contribution in [1.29, 1.82) is 0 Å². The van der Waals surface area contributed by atoms with Crippen LogP contribution in [0.25, 0.3) is 10.9 Å². The molecule has 0 bridgehead atoms. The van der Waals surface area contributed by atoms with Crippen molar-refractivity contribution >= 4 is 21.7 Å². The van der Waals surface area contributed by atoms with Crippen LogP contribution in [-0.4, -0.2) is 15.9 Å². The monoisotopic (exact) mass is 299 g/mol.